The first-order valence-electron chi connectivity index (χ1n) is 13.9. The summed E-state index contributed by atoms with van der Waals surface area (Å²) in [5.74, 6) is -1.70. The van der Waals surface area contributed by atoms with Gasteiger partial charge >= 0.3 is 0 Å². The highest BCUT2D eigenvalue weighted by atomic mass is 19.1. The molecule has 1 aliphatic heterocycles. The zero-order chi connectivity index (χ0) is 29.6. The van der Waals surface area contributed by atoms with E-state index < -0.39 is 34.5 Å². The molecule has 0 aliphatic carbocycles. The molecule has 0 atom stereocenters. The monoisotopic (exact) mass is 572 g/mol. The van der Waals surface area contributed by atoms with Crippen LogP contribution in [0, 0.1) is 23.3 Å². The van der Waals surface area contributed by atoms with E-state index in [-0.39, 0.29) is 0 Å². The van der Waals surface area contributed by atoms with Crippen LogP contribution in [0.2, 0.25) is 0 Å². The Hall–Kier alpha value is -5.00. The van der Waals surface area contributed by atoms with Crippen molar-refractivity contribution in [1.82, 2.24) is 0 Å². The average Bonchev–Trinajstić information content (AvgIpc) is 3.15. The summed E-state index contributed by atoms with van der Waals surface area (Å²) in [7, 11) is 0. The number of hydrogen-bond acceptors (Lipinski definition) is 1. The molecule has 0 saturated heterocycles. The summed E-state index contributed by atoms with van der Waals surface area (Å²) in [5.41, 5.74) is 2.65. The van der Waals surface area contributed by atoms with Gasteiger partial charge in [0.05, 0.1) is 0 Å². The second-order valence-electron chi connectivity index (χ2n) is 10.6. The highest BCUT2D eigenvalue weighted by molar-refractivity contribution is 5.78. The third-order valence-electron chi connectivity index (χ3n) is 8.21. The number of rotatable bonds is 4. The van der Waals surface area contributed by atoms with Crippen LogP contribution in [0.1, 0.15) is 33.4 Å². The highest BCUT2D eigenvalue weighted by Gasteiger charge is 2.52. The van der Waals surface area contributed by atoms with Gasteiger partial charge in [-0.1, -0.05) is 97.1 Å². The lowest BCUT2D eigenvalue weighted by Gasteiger charge is -2.45. The van der Waals surface area contributed by atoms with Crippen molar-refractivity contribution in [3.05, 3.63) is 202 Å². The smallest absolute Gasteiger partial charge is 0.146 e. The second-order valence-corrected chi connectivity index (χ2v) is 10.6. The minimum absolute atomic E-state index is 0.425. The van der Waals surface area contributed by atoms with Gasteiger partial charge in [-0.2, -0.15) is 0 Å². The summed E-state index contributed by atoms with van der Waals surface area (Å²) < 4.78 is 65.3. The predicted molar refractivity (Wildman–Crippen MR) is 158 cm³/mol. The summed E-state index contributed by atoms with van der Waals surface area (Å²) in [5, 5.41) is 0. The molecule has 0 fully saturated rings. The Morgan fingerprint density at radius 3 is 0.860 bits per heavy atom. The van der Waals surface area contributed by atoms with E-state index in [0.717, 1.165) is 22.3 Å². The van der Waals surface area contributed by atoms with Crippen molar-refractivity contribution in [1.29, 1.82) is 0 Å². The van der Waals surface area contributed by atoms with Crippen LogP contribution in [0.15, 0.2) is 146 Å². The Balaban J connectivity index is 1.70. The number of hydrogen-bond donors (Lipinski definition) is 0. The predicted octanol–water partition coefficient (Wildman–Crippen LogP) is 9.52. The van der Waals surface area contributed by atoms with Crippen molar-refractivity contribution in [3.8, 4) is 11.1 Å². The van der Waals surface area contributed by atoms with Crippen LogP contribution in [0.3, 0.4) is 0 Å². The first kappa shape index (κ1) is 26.9. The van der Waals surface area contributed by atoms with Gasteiger partial charge in [-0.15, -0.1) is 0 Å². The minimum Gasteiger partial charge on any atom is -0.340 e. The van der Waals surface area contributed by atoms with E-state index in [1.807, 2.05) is 48.5 Å². The normalized spacial score (nSPS) is 14.8. The summed E-state index contributed by atoms with van der Waals surface area (Å²) in [6.07, 6.45) is 0. The molecule has 1 aliphatic rings. The molecule has 6 aromatic rings. The van der Waals surface area contributed by atoms with E-state index in [1.165, 1.54) is 48.5 Å². The number of halogens is 4. The van der Waals surface area contributed by atoms with E-state index in [4.69, 9.17) is 4.74 Å². The molecular weight excluding hydrogens is 548 g/mol. The summed E-state index contributed by atoms with van der Waals surface area (Å²) in [4.78, 5) is 0. The van der Waals surface area contributed by atoms with Crippen LogP contribution >= 0.6 is 0 Å². The Morgan fingerprint density at radius 2 is 0.581 bits per heavy atom. The molecule has 6 aromatic carbocycles. The van der Waals surface area contributed by atoms with Gasteiger partial charge in [-0.3, -0.25) is 0 Å². The van der Waals surface area contributed by atoms with Gasteiger partial charge in [0.25, 0.3) is 0 Å². The van der Waals surface area contributed by atoms with Crippen molar-refractivity contribution in [3.63, 3.8) is 0 Å². The Bertz CT molecular complexity index is 1680. The molecular formula is C38H24F4O. The van der Waals surface area contributed by atoms with Crippen LogP contribution < -0.4 is 0 Å². The first-order chi connectivity index (χ1) is 20.9. The zero-order valence-electron chi connectivity index (χ0n) is 22.8. The van der Waals surface area contributed by atoms with Crippen LogP contribution in [0.4, 0.5) is 17.6 Å². The van der Waals surface area contributed by atoms with Crippen LogP contribution in [-0.2, 0) is 15.9 Å². The van der Waals surface area contributed by atoms with E-state index in [9.17, 15) is 17.6 Å². The van der Waals surface area contributed by atoms with Gasteiger partial charge < -0.3 is 4.74 Å². The van der Waals surface area contributed by atoms with Gasteiger partial charge in [0.1, 0.15) is 34.5 Å². The summed E-state index contributed by atoms with van der Waals surface area (Å²) in [6.45, 7) is 0. The molecule has 0 spiro atoms. The van der Waals surface area contributed by atoms with Crippen LogP contribution in [-0.4, -0.2) is 0 Å². The van der Waals surface area contributed by atoms with E-state index in [0.29, 0.717) is 22.3 Å². The minimum atomic E-state index is -1.44. The van der Waals surface area contributed by atoms with Crippen molar-refractivity contribution in [2.45, 2.75) is 11.2 Å². The molecule has 0 unspecified atom stereocenters. The van der Waals surface area contributed by atoms with Gasteiger partial charge in [0.2, 0.25) is 0 Å². The average molecular weight is 573 g/mol. The molecule has 0 N–H and O–H groups in total. The fourth-order valence-electron chi connectivity index (χ4n) is 6.32. The summed E-state index contributed by atoms with van der Waals surface area (Å²) >= 11 is 0. The van der Waals surface area contributed by atoms with Gasteiger partial charge in [-0.05, 0) is 81.9 Å². The van der Waals surface area contributed by atoms with E-state index in [1.54, 1.807) is 48.5 Å². The molecule has 5 heteroatoms. The SMILES string of the molecule is Fc1ccc(C2(c3ccc(F)cc3)OC(c3ccc(F)cc3)(c3ccc(F)cc3)c3ccccc3-c3ccccc32)cc1. The number of benzene rings is 6. The number of ether oxygens (including phenoxy) is 1. The third-order valence-corrected chi connectivity index (χ3v) is 8.21. The van der Waals surface area contributed by atoms with Gasteiger partial charge in [-0.25, -0.2) is 17.6 Å². The molecule has 0 saturated carbocycles. The standard InChI is InChI=1S/C38H24F4O/c39-29-17-9-25(10-18-29)37(26-11-19-30(40)20-12-26)35-7-3-1-5-33(35)34-6-2-4-8-36(34)38(43-37,27-13-21-31(41)22-14-27)28-15-23-32(42)24-16-28/h1-24H. The van der Waals surface area contributed by atoms with Gasteiger partial charge in [0, 0.05) is 11.1 Å². The number of fused-ring (bicyclic) bond motifs is 3. The van der Waals surface area contributed by atoms with Gasteiger partial charge in [0.15, 0.2) is 0 Å². The quantitative estimate of drug-likeness (QED) is 0.191. The molecule has 43 heavy (non-hydrogen) atoms. The molecule has 0 bridgehead atoms. The molecule has 7 rings (SSSR count). The summed E-state index contributed by atoms with van der Waals surface area (Å²) in [6, 6.07) is 39.7. The van der Waals surface area contributed by atoms with E-state index in [2.05, 4.69) is 0 Å². The maximum Gasteiger partial charge on any atom is 0.146 e. The Kier molecular flexibility index (Phi) is 6.48. The molecule has 0 amide bonds. The highest BCUT2D eigenvalue weighted by Crippen LogP contribution is 2.57. The van der Waals surface area contributed by atoms with Crippen LogP contribution in [0.5, 0.6) is 0 Å². The first-order valence-corrected chi connectivity index (χ1v) is 13.9. The Morgan fingerprint density at radius 1 is 0.326 bits per heavy atom. The molecule has 210 valence electrons. The maximum atomic E-state index is 14.4. The lowest BCUT2D eigenvalue weighted by atomic mass is 9.77. The van der Waals surface area contributed by atoms with Crippen molar-refractivity contribution in [2.75, 3.05) is 0 Å². The lowest BCUT2D eigenvalue weighted by molar-refractivity contribution is -0.0787. The zero-order valence-corrected chi connectivity index (χ0v) is 22.8. The Labute approximate surface area is 246 Å². The van der Waals surface area contributed by atoms with Crippen molar-refractivity contribution >= 4 is 0 Å². The fraction of sp³-hybridized carbons (Fsp3) is 0.0526. The maximum absolute atomic E-state index is 14.4. The van der Waals surface area contributed by atoms with Crippen molar-refractivity contribution < 1.29 is 22.3 Å². The van der Waals surface area contributed by atoms with E-state index >= 15 is 0 Å². The topological polar surface area (TPSA) is 9.23 Å². The molecule has 0 aromatic heterocycles. The molecule has 1 nitrogen and oxygen atoms in total. The lowest BCUT2D eigenvalue weighted by Crippen LogP contribution is -2.43. The fourth-order valence-corrected chi connectivity index (χ4v) is 6.32. The second kappa shape index (κ2) is 10.4. The molecule has 0 radical (unpaired) electrons. The largest absolute Gasteiger partial charge is 0.340 e. The molecule has 1 heterocycles. The van der Waals surface area contributed by atoms with Crippen molar-refractivity contribution in [2.24, 2.45) is 0 Å². The van der Waals surface area contributed by atoms with Crippen LogP contribution in [0.25, 0.3) is 11.1 Å². The third kappa shape index (κ3) is 4.27.